The fraction of sp³-hybridized carbons (Fsp3) is 1.00. The summed E-state index contributed by atoms with van der Waals surface area (Å²) < 4.78 is 40.0. The second-order valence-electron chi connectivity index (χ2n) is 15.4. The smallest absolute Gasteiger partial charge is 0.187 e. The van der Waals surface area contributed by atoms with Gasteiger partial charge in [0.1, 0.15) is 73.2 Å². The fourth-order valence-electron chi connectivity index (χ4n) is 8.62. The Bertz CT molecular complexity index is 1130. The predicted molar refractivity (Wildman–Crippen MR) is 170 cm³/mol. The van der Waals surface area contributed by atoms with Crippen LogP contribution in [0.15, 0.2) is 0 Å². The van der Waals surface area contributed by atoms with Gasteiger partial charge in [0.2, 0.25) is 0 Å². The van der Waals surface area contributed by atoms with Gasteiger partial charge in [0.05, 0.1) is 43.5 Å². The normalized spacial score (nSPS) is 54.8. The van der Waals surface area contributed by atoms with E-state index in [4.69, 9.17) is 33.2 Å². The molecule has 4 heterocycles. The molecule has 0 amide bonds. The SMILES string of the molecule is C[C@@H]1O[C@@H](OC[C@H]2O[C@@H](OC3CC4C(O)CC(O[C@@H]5O[C@H](CO)[C@@H](O)[C@H](O)[C@H]5O)CC4[OH+]C3C3CCC(O)CC3)[C@H](O)[C@@H](O)[C@@H]2O)[C@H](O)[C@H](O)[C@H]1O. The molecule has 6 unspecified atom stereocenters. The van der Waals surface area contributed by atoms with E-state index < -0.39 is 148 Å². The Morgan fingerprint density at radius 2 is 1.17 bits per heavy atom. The van der Waals surface area contributed by atoms with Gasteiger partial charge in [-0.15, -0.1) is 0 Å². The number of fused-ring (bicyclic) bond motifs is 1. The molecule has 19 heteroatoms. The van der Waals surface area contributed by atoms with Gasteiger partial charge in [-0.2, -0.15) is 0 Å². The largest absolute Gasteiger partial charge is 0.427 e. The van der Waals surface area contributed by atoms with Gasteiger partial charge in [-0.3, -0.25) is 0 Å². The highest BCUT2D eigenvalue weighted by Crippen LogP contribution is 2.43. The Hall–Kier alpha value is -0.760. The van der Waals surface area contributed by atoms with Crippen LogP contribution in [0.5, 0.6) is 0 Å². The van der Waals surface area contributed by atoms with Gasteiger partial charge in [0.25, 0.3) is 0 Å². The molecule has 19 nitrogen and oxygen atoms in total. The zero-order chi connectivity index (χ0) is 37.6. The molecular formula is C33H57O19+. The monoisotopic (exact) mass is 757 g/mol. The first-order valence-electron chi connectivity index (χ1n) is 18.4. The molecule has 0 aromatic heterocycles. The van der Waals surface area contributed by atoms with Crippen LogP contribution in [0.2, 0.25) is 0 Å². The highest BCUT2D eigenvalue weighted by Gasteiger charge is 2.56. The van der Waals surface area contributed by atoms with E-state index in [1.807, 2.05) is 0 Å². The lowest BCUT2D eigenvalue weighted by atomic mass is 9.73. The molecule has 4 aliphatic heterocycles. The number of hydrogen-bond acceptors (Lipinski definition) is 18. The Labute approximate surface area is 300 Å². The molecule has 6 rings (SSSR count). The van der Waals surface area contributed by atoms with Gasteiger partial charge >= 0.3 is 0 Å². The number of rotatable bonds is 9. The maximum Gasteiger partial charge on any atom is 0.187 e. The first kappa shape index (κ1) is 40.9. The van der Waals surface area contributed by atoms with E-state index in [9.17, 15) is 61.3 Å². The van der Waals surface area contributed by atoms with Gasteiger partial charge in [0, 0.05) is 18.8 Å². The van der Waals surface area contributed by atoms with E-state index in [2.05, 4.69) is 0 Å². The lowest BCUT2D eigenvalue weighted by molar-refractivity contribution is -0.366. The van der Waals surface area contributed by atoms with Crippen LogP contribution >= 0.6 is 0 Å². The molecule has 0 aromatic carbocycles. The maximum absolute atomic E-state index is 11.4. The molecule has 2 saturated carbocycles. The van der Waals surface area contributed by atoms with Crippen molar-refractivity contribution in [2.24, 2.45) is 11.8 Å². The number of aliphatic hydroxyl groups is 14. The Kier molecular flexibility index (Phi) is 13.5. The van der Waals surface area contributed by atoms with Crippen molar-refractivity contribution in [3.05, 3.63) is 0 Å². The molecular weight excluding hydrogens is 700 g/mol. The van der Waals surface area contributed by atoms with E-state index >= 15 is 0 Å². The second-order valence-corrected chi connectivity index (χ2v) is 15.4. The van der Waals surface area contributed by atoms with Crippen LogP contribution in [-0.4, -0.2) is 208 Å². The zero-order valence-corrected chi connectivity index (χ0v) is 28.9. The minimum absolute atomic E-state index is 0.0534. The van der Waals surface area contributed by atoms with Crippen LogP contribution in [0.1, 0.15) is 51.9 Å². The zero-order valence-electron chi connectivity index (χ0n) is 28.9. The summed E-state index contributed by atoms with van der Waals surface area (Å²) in [4.78, 5) is 0. The summed E-state index contributed by atoms with van der Waals surface area (Å²) in [5, 5.41) is 125. The summed E-state index contributed by atoms with van der Waals surface area (Å²) in [6.45, 7) is 0.402. The van der Waals surface area contributed by atoms with Gasteiger partial charge < -0.3 is 94.4 Å². The van der Waals surface area contributed by atoms with Crippen molar-refractivity contribution in [2.45, 2.75) is 181 Å². The van der Waals surface area contributed by atoms with Crippen LogP contribution < -0.4 is 0 Å². The van der Waals surface area contributed by atoms with Crippen molar-refractivity contribution in [3.63, 3.8) is 0 Å². The molecule has 2 aliphatic carbocycles. The third-order valence-electron chi connectivity index (χ3n) is 11.9. The highest BCUT2D eigenvalue weighted by molar-refractivity contribution is 4.99. The van der Waals surface area contributed by atoms with Crippen molar-refractivity contribution in [2.75, 3.05) is 13.2 Å². The van der Waals surface area contributed by atoms with E-state index in [1.54, 1.807) is 0 Å². The third kappa shape index (κ3) is 8.48. The van der Waals surface area contributed by atoms with Crippen molar-refractivity contribution in [1.82, 2.24) is 0 Å². The average Bonchev–Trinajstić information content (AvgIpc) is 3.12. The van der Waals surface area contributed by atoms with Crippen LogP contribution in [0.25, 0.3) is 0 Å². The second kappa shape index (κ2) is 17.2. The van der Waals surface area contributed by atoms with Gasteiger partial charge in [-0.05, 0) is 39.0 Å². The number of aliphatic hydroxyl groups excluding tert-OH is 12. The lowest BCUT2D eigenvalue weighted by Gasteiger charge is -2.49. The topological polar surface area (TPSA) is 311 Å². The molecule has 0 radical (unpaired) electrons. The van der Waals surface area contributed by atoms with Gasteiger partial charge in [-0.25, -0.2) is 0 Å². The Balaban J connectivity index is 1.13. The van der Waals surface area contributed by atoms with Gasteiger partial charge in [-0.1, -0.05) is 0 Å². The summed E-state index contributed by atoms with van der Waals surface area (Å²) in [6, 6.07) is 0. The third-order valence-corrected chi connectivity index (χ3v) is 11.9. The van der Waals surface area contributed by atoms with Crippen LogP contribution in [0, 0.1) is 11.8 Å². The Morgan fingerprint density at radius 3 is 1.83 bits per heavy atom. The summed E-state index contributed by atoms with van der Waals surface area (Å²) in [6.07, 6.45) is -22.8. The first-order valence-corrected chi connectivity index (χ1v) is 18.4. The minimum atomic E-state index is -1.73. The molecule has 4 saturated heterocycles. The summed E-state index contributed by atoms with van der Waals surface area (Å²) >= 11 is 0. The standard InChI is InChI=1S/C33H56O19/c1-11-21(37)24(40)27(43)31(47-11)46-10-20-23(39)26(42)29(45)33(52-20)50-18-8-15-16(36)6-14(48-32-28(44)25(41)22(38)19(9-34)51-32)7-17(15)49-30(18)12-2-4-13(35)5-3-12/h11-45H,2-10H2,1H3/p+1/t11-,12?,13?,14?,15?,16?,17?,18?,19+,20+,21-,22+,23+,24+,25-,26-,27+,28+,29+,30?,31+,32+,33+/m0/s1. The van der Waals surface area contributed by atoms with Crippen LogP contribution in [0.3, 0.4) is 0 Å². The maximum atomic E-state index is 11.4. The van der Waals surface area contributed by atoms with Crippen molar-refractivity contribution in [1.29, 1.82) is 0 Å². The lowest BCUT2D eigenvalue weighted by Crippen LogP contribution is -2.64. The van der Waals surface area contributed by atoms with Crippen LogP contribution in [0.4, 0.5) is 0 Å². The fourth-order valence-corrected chi connectivity index (χ4v) is 8.62. The molecule has 52 heavy (non-hydrogen) atoms. The van der Waals surface area contributed by atoms with E-state index in [0.717, 1.165) is 0 Å². The molecule has 21 atom stereocenters. The number of ether oxygens (including phenoxy) is 7. The minimum Gasteiger partial charge on any atom is -0.427 e. The van der Waals surface area contributed by atoms with Crippen LogP contribution in [-0.2, 0) is 28.4 Å². The molecule has 302 valence electrons. The number of hydrogen-bond donors (Lipinski definition) is 12. The van der Waals surface area contributed by atoms with E-state index in [0.29, 0.717) is 32.1 Å². The van der Waals surface area contributed by atoms with E-state index in [1.165, 1.54) is 6.92 Å². The van der Waals surface area contributed by atoms with Crippen molar-refractivity contribution >= 4 is 0 Å². The molecule has 0 spiro atoms. The quantitative estimate of drug-likeness (QED) is 0.0975. The predicted octanol–water partition coefficient (Wildman–Crippen LogP) is -5.80. The molecule has 0 aromatic rings. The molecule has 6 aliphatic rings. The first-order chi connectivity index (χ1) is 24.7. The average molecular weight is 758 g/mol. The summed E-state index contributed by atoms with van der Waals surface area (Å²) in [7, 11) is 0. The highest BCUT2D eigenvalue weighted by atomic mass is 16.7. The summed E-state index contributed by atoms with van der Waals surface area (Å²) in [5.74, 6) is -0.489. The molecule has 0 bridgehead atoms. The van der Waals surface area contributed by atoms with Gasteiger partial charge in [0.15, 0.2) is 31.1 Å². The molecule has 6 fully saturated rings. The molecule has 13 N–H and O–H groups in total. The van der Waals surface area contributed by atoms with Crippen molar-refractivity contribution < 1.29 is 94.4 Å². The summed E-state index contributed by atoms with van der Waals surface area (Å²) in [5.41, 5.74) is 0. The Morgan fingerprint density at radius 1 is 0.596 bits per heavy atom. The van der Waals surface area contributed by atoms with Crippen molar-refractivity contribution in [3.8, 4) is 0 Å². The van der Waals surface area contributed by atoms with E-state index in [-0.39, 0.29) is 18.8 Å².